The molecule has 0 N–H and O–H groups in total. The van der Waals surface area contributed by atoms with Crippen LogP contribution in [-0.2, 0) is 28.6 Å². The van der Waals surface area contributed by atoms with E-state index in [2.05, 4.69) is 106 Å². The maximum Gasteiger partial charge on any atom is 0.306 e. The normalized spacial score (nSPS) is 12.7. The van der Waals surface area contributed by atoms with Crippen LogP contribution in [0, 0.1) is 0 Å². The minimum Gasteiger partial charge on any atom is -0.462 e. The van der Waals surface area contributed by atoms with Crippen molar-refractivity contribution in [3.05, 3.63) is 85.1 Å². The number of ether oxygens (including phenoxy) is 3. The van der Waals surface area contributed by atoms with E-state index in [0.717, 1.165) is 116 Å². The molecule has 0 aromatic carbocycles. The molecule has 0 saturated carbocycles. The molecule has 0 radical (unpaired) electrons. The molecule has 0 bridgehead atoms. The highest BCUT2D eigenvalue weighted by Crippen LogP contribution is 2.13. The summed E-state index contributed by atoms with van der Waals surface area (Å²) in [6.45, 7) is 6.44. The summed E-state index contributed by atoms with van der Waals surface area (Å²) in [5, 5.41) is 0. The van der Waals surface area contributed by atoms with E-state index in [4.69, 9.17) is 14.2 Å². The van der Waals surface area contributed by atoms with Crippen molar-refractivity contribution in [2.45, 2.75) is 245 Å². The van der Waals surface area contributed by atoms with E-state index < -0.39 is 6.10 Å². The van der Waals surface area contributed by atoms with Gasteiger partial charge in [0.15, 0.2) is 6.10 Å². The van der Waals surface area contributed by atoms with Gasteiger partial charge in [0.1, 0.15) is 13.2 Å². The topological polar surface area (TPSA) is 78.9 Å². The lowest BCUT2D eigenvalue weighted by molar-refractivity contribution is -0.167. The van der Waals surface area contributed by atoms with Gasteiger partial charge in [0.2, 0.25) is 0 Å². The summed E-state index contributed by atoms with van der Waals surface area (Å²) in [6, 6.07) is 0. The molecule has 6 nitrogen and oxygen atoms in total. The van der Waals surface area contributed by atoms with Gasteiger partial charge in [0, 0.05) is 19.3 Å². The quantitative estimate of drug-likeness (QED) is 0.0262. The first-order valence-corrected chi connectivity index (χ1v) is 26.1. The molecule has 0 rings (SSSR count). The van der Waals surface area contributed by atoms with Gasteiger partial charge in [-0.15, -0.1) is 0 Å². The number of esters is 3. The van der Waals surface area contributed by atoms with Crippen molar-refractivity contribution in [2.24, 2.45) is 0 Å². The van der Waals surface area contributed by atoms with Crippen LogP contribution in [0.15, 0.2) is 85.1 Å². The highest BCUT2D eigenvalue weighted by atomic mass is 16.6. The van der Waals surface area contributed by atoms with Gasteiger partial charge in [-0.2, -0.15) is 0 Å². The van der Waals surface area contributed by atoms with E-state index in [1.807, 2.05) is 0 Å². The first-order chi connectivity index (χ1) is 31.0. The van der Waals surface area contributed by atoms with Crippen molar-refractivity contribution in [3.8, 4) is 0 Å². The first kappa shape index (κ1) is 59.6. The molecule has 0 fully saturated rings. The van der Waals surface area contributed by atoms with Gasteiger partial charge >= 0.3 is 17.9 Å². The summed E-state index contributed by atoms with van der Waals surface area (Å²) in [5.74, 6) is -0.947. The number of unbranched alkanes of at least 4 members (excludes halogenated alkanes) is 21. The summed E-state index contributed by atoms with van der Waals surface area (Å²) in [7, 11) is 0. The Morgan fingerprint density at radius 3 is 1.03 bits per heavy atom. The third-order valence-electron chi connectivity index (χ3n) is 10.9. The second-order valence-electron chi connectivity index (χ2n) is 17.0. The van der Waals surface area contributed by atoms with Gasteiger partial charge in [-0.1, -0.05) is 189 Å². The zero-order valence-electron chi connectivity index (χ0n) is 41.1. The zero-order chi connectivity index (χ0) is 45.8. The van der Waals surface area contributed by atoms with E-state index in [0.29, 0.717) is 19.3 Å². The van der Waals surface area contributed by atoms with Crippen molar-refractivity contribution in [3.63, 3.8) is 0 Å². The van der Waals surface area contributed by atoms with Crippen LogP contribution >= 0.6 is 0 Å². The molecule has 360 valence electrons. The van der Waals surface area contributed by atoms with Crippen LogP contribution in [0.25, 0.3) is 0 Å². The monoisotopic (exact) mass is 877 g/mol. The number of allylic oxidation sites excluding steroid dienone is 14. The fourth-order valence-electron chi connectivity index (χ4n) is 6.93. The van der Waals surface area contributed by atoms with Crippen molar-refractivity contribution in [1.29, 1.82) is 0 Å². The first-order valence-electron chi connectivity index (χ1n) is 26.1. The van der Waals surface area contributed by atoms with Crippen LogP contribution in [0.3, 0.4) is 0 Å². The molecule has 1 unspecified atom stereocenters. The SMILES string of the molecule is CC/C=C\C/C=C\C/C=C\C/C=C\C/C=C\CCCCCC(=O)OCC(COC(=O)CCCCCCC/C=C\CCCCC)OC(=O)CCCCCCC/C=C\CCCCCCC. The van der Waals surface area contributed by atoms with Gasteiger partial charge in [-0.25, -0.2) is 0 Å². The van der Waals surface area contributed by atoms with Crippen LogP contribution in [-0.4, -0.2) is 37.2 Å². The van der Waals surface area contributed by atoms with E-state index in [9.17, 15) is 14.4 Å². The molecule has 0 aliphatic heterocycles. The third kappa shape index (κ3) is 49.5. The van der Waals surface area contributed by atoms with Crippen LogP contribution in [0.4, 0.5) is 0 Å². The van der Waals surface area contributed by atoms with Crippen LogP contribution in [0.1, 0.15) is 239 Å². The molecule has 0 aliphatic carbocycles. The van der Waals surface area contributed by atoms with E-state index >= 15 is 0 Å². The predicted octanol–water partition coefficient (Wildman–Crippen LogP) is 17.2. The number of rotatable bonds is 46. The standard InChI is InChI=1S/C57H96O6/c1-4-7-10-13-16-19-22-25-27-28-29-30-31-33-35-38-41-44-47-50-56(59)62-53-54(52-61-55(58)49-46-43-40-37-34-24-21-18-15-12-9-6-3)63-57(60)51-48-45-42-39-36-32-26-23-20-17-14-11-8-5-2/h7,10,16,18-19,21,23,25-27,29-30,33,35,54H,4-6,8-9,11-15,17,20,22,24,28,31-32,34,36-53H2,1-3H3/b10-7-,19-16-,21-18-,26-23-,27-25-,30-29-,35-33-. The summed E-state index contributed by atoms with van der Waals surface area (Å²) in [6.07, 6.45) is 65.6. The lowest BCUT2D eigenvalue weighted by atomic mass is 10.1. The maximum absolute atomic E-state index is 12.8. The zero-order valence-corrected chi connectivity index (χ0v) is 41.1. The van der Waals surface area contributed by atoms with Gasteiger partial charge in [0.05, 0.1) is 0 Å². The van der Waals surface area contributed by atoms with E-state index in [-0.39, 0.29) is 31.1 Å². The Labute approximate surface area is 388 Å². The molecular formula is C57H96O6. The Hall–Kier alpha value is -3.41. The summed E-state index contributed by atoms with van der Waals surface area (Å²) in [4.78, 5) is 38.0. The molecule has 0 aliphatic rings. The third-order valence-corrected chi connectivity index (χ3v) is 10.9. The lowest BCUT2D eigenvalue weighted by Gasteiger charge is -2.18. The predicted molar refractivity (Wildman–Crippen MR) is 270 cm³/mol. The molecule has 0 heterocycles. The summed E-state index contributed by atoms with van der Waals surface area (Å²) in [5.41, 5.74) is 0. The van der Waals surface area contributed by atoms with Crippen molar-refractivity contribution < 1.29 is 28.6 Å². The van der Waals surface area contributed by atoms with Crippen LogP contribution < -0.4 is 0 Å². The number of hydrogen-bond donors (Lipinski definition) is 0. The molecule has 1 atom stereocenters. The Morgan fingerprint density at radius 1 is 0.333 bits per heavy atom. The van der Waals surface area contributed by atoms with Gasteiger partial charge in [0.25, 0.3) is 0 Å². The Kier molecular flexibility index (Phi) is 48.5. The van der Waals surface area contributed by atoms with Gasteiger partial charge < -0.3 is 14.2 Å². The fraction of sp³-hybridized carbons (Fsp3) is 0.702. The summed E-state index contributed by atoms with van der Waals surface area (Å²) >= 11 is 0. The van der Waals surface area contributed by atoms with Crippen molar-refractivity contribution in [1.82, 2.24) is 0 Å². The fourth-order valence-corrected chi connectivity index (χ4v) is 6.93. The largest absolute Gasteiger partial charge is 0.462 e. The minimum atomic E-state index is -0.797. The molecular weight excluding hydrogens is 781 g/mol. The highest BCUT2D eigenvalue weighted by molar-refractivity contribution is 5.71. The number of carbonyl (C=O) groups is 3. The molecule has 0 spiro atoms. The lowest BCUT2D eigenvalue weighted by Crippen LogP contribution is -2.30. The van der Waals surface area contributed by atoms with Crippen LogP contribution in [0.5, 0.6) is 0 Å². The molecule has 0 aromatic rings. The Morgan fingerprint density at radius 2 is 0.619 bits per heavy atom. The van der Waals surface area contributed by atoms with E-state index in [1.165, 1.54) is 83.5 Å². The van der Waals surface area contributed by atoms with E-state index in [1.54, 1.807) is 0 Å². The second-order valence-corrected chi connectivity index (χ2v) is 17.0. The van der Waals surface area contributed by atoms with Crippen LogP contribution in [0.2, 0.25) is 0 Å². The minimum absolute atomic E-state index is 0.0953. The average Bonchev–Trinajstić information content (AvgIpc) is 3.28. The number of carbonyl (C=O) groups excluding carboxylic acids is 3. The molecule has 0 amide bonds. The smallest absolute Gasteiger partial charge is 0.306 e. The molecule has 63 heavy (non-hydrogen) atoms. The molecule has 0 aromatic heterocycles. The summed E-state index contributed by atoms with van der Waals surface area (Å²) < 4.78 is 16.8. The molecule has 6 heteroatoms. The van der Waals surface area contributed by atoms with Crippen molar-refractivity contribution in [2.75, 3.05) is 13.2 Å². The average molecular weight is 877 g/mol. The van der Waals surface area contributed by atoms with Gasteiger partial charge in [-0.05, 0) is 116 Å². The van der Waals surface area contributed by atoms with Crippen molar-refractivity contribution >= 4 is 17.9 Å². The highest BCUT2D eigenvalue weighted by Gasteiger charge is 2.19. The molecule has 0 saturated heterocycles. The Balaban J connectivity index is 4.45. The second kappa shape index (κ2) is 51.2. The van der Waals surface area contributed by atoms with Gasteiger partial charge in [-0.3, -0.25) is 14.4 Å². The number of hydrogen-bond acceptors (Lipinski definition) is 6. The maximum atomic E-state index is 12.8. The Bertz CT molecular complexity index is 1240.